The highest BCUT2D eigenvalue weighted by atomic mass is 16.5. The van der Waals surface area contributed by atoms with E-state index in [1.807, 2.05) is 25.1 Å². The molecular weight excluding hydrogens is 528 g/mol. The van der Waals surface area contributed by atoms with E-state index in [1.165, 1.54) is 12.4 Å². The minimum atomic E-state index is -0.647. The largest absolute Gasteiger partial charge is 0.493 e. The minimum Gasteiger partial charge on any atom is -0.493 e. The first-order valence-electron chi connectivity index (χ1n) is 13.8. The first kappa shape index (κ1) is 28.0. The summed E-state index contributed by atoms with van der Waals surface area (Å²) in [5.74, 6) is 1.92. The predicted octanol–water partition coefficient (Wildman–Crippen LogP) is 2.88. The molecule has 5 rings (SSSR count). The van der Waals surface area contributed by atoms with Crippen molar-refractivity contribution < 1.29 is 19.5 Å². The molecule has 41 heavy (non-hydrogen) atoms. The van der Waals surface area contributed by atoms with E-state index in [0.29, 0.717) is 59.0 Å². The molecule has 13 nitrogen and oxygen atoms in total. The predicted molar refractivity (Wildman–Crippen MR) is 151 cm³/mol. The molecule has 13 heteroatoms. The van der Waals surface area contributed by atoms with Crippen molar-refractivity contribution in [3.8, 4) is 22.9 Å². The lowest BCUT2D eigenvalue weighted by Gasteiger charge is -2.31. The second kappa shape index (κ2) is 12.3. The van der Waals surface area contributed by atoms with Crippen LogP contribution < -0.4 is 25.4 Å². The van der Waals surface area contributed by atoms with E-state index in [2.05, 4.69) is 31.9 Å². The zero-order valence-electron chi connectivity index (χ0n) is 23.4. The normalized spacial score (nSPS) is 13.9. The number of nitrogens with zero attached hydrogens (tertiary/aromatic N) is 6. The number of aromatic nitrogens is 6. The standard InChI is InChI=1S/C28H34N8O5/c1-4-6-21-23-24(35(3)33-21)27(38)32-25(31-23)20-13-19(7-8-22(20)40-5-2)41-16-17-9-11-36(12-10-17)28-29-14-18(15-30-28)26(37)34-39/h7-8,13-15,17,39H,4-6,9-12,16H2,1-3H3,(H,34,37)(H,31,32,38). The lowest BCUT2D eigenvalue weighted by molar-refractivity contribution is 0.0705. The number of piperidine rings is 1. The summed E-state index contributed by atoms with van der Waals surface area (Å²) >= 11 is 0. The molecule has 0 unspecified atom stereocenters. The van der Waals surface area contributed by atoms with Crippen LogP contribution in [-0.4, -0.2) is 67.1 Å². The second-order valence-corrected chi connectivity index (χ2v) is 9.98. The van der Waals surface area contributed by atoms with Crippen LogP contribution in [0.15, 0.2) is 35.4 Å². The van der Waals surface area contributed by atoms with Gasteiger partial charge in [-0.25, -0.2) is 20.4 Å². The van der Waals surface area contributed by atoms with Gasteiger partial charge in [-0.15, -0.1) is 0 Å². The molecule has 1 amide bonds. The van der Waals surface area contributed by atoms with E-state index < -0.39 is 5.91 Å². The van der Waals surface area contributed by atoms with Gasteiger partial charge < -0.3 is 19.4 Å². The Labute approximate surface area is 236 Å². The van der Waals surface area contributed by atoms with Crippen LogP contribution in [0.2, 0.25) is 0 Å². The van der Waals surface area contributed by atoms with Gasteiger partial charge in [-0.2, -0.15) is 5.10 Å². The Morgan fingerprint density at radius 3 is 2.61 bits per heavy atom. The average Bonchev–Trinajstić information content (AvgIpc) is 3.32. The first-order valence-corrected chi connectivity index (χ1v) is 13.8. The Kier molecular flexibility index (Phi) is 8.43. The molecule has 4 aromatic rings. The zero-order chi connectivity index (χ0) is 28.9. The molecule has 1 aromatic carbocycles. The minimum absolute atomic E-state index is 0.190. The molecule has 0 radical (unpaired) electrons. The van der Waals surface area contributed by atoms with Gasteiger partial charge in [0, 0.05) is 32.5 Å². The Morgan fingerprint density at radius 1 is 1.17 bits per heavy atom. The van der Waals surface area contributed by atoms with E-state index in [4.69, 9.17) is 19.7 Å². The van der Waals surface area contributed by atoms with Crippen molar-refractivity contribution in [2.24, 2.45) is 13.0 Å². The maximum Gasteiger partial charge on any atom is 0.277 e. The highest BCUT2D eigenvalue weighted by Crippen LogP contribution is 2.33. The van der Waals surface area contributed by atoms with Gasteiger partial charge in [-0.1, -0.05) is 13.3 Å². The quantitative estimate of drug-likeness (QED) is 0.194. The summed E-state index contributed by atoms with van der Waals surface area (Å²) in [4.78, 5) is 42.8. The summed E-state index contributed by atoms with van der Waals surface area (Å²) < 4.78 is 13.7. The van der Waals surface area contributed by atoms with Crippen LogP contribution in [-0.2, 0) is 13.5 Å². The van der Waals surface area contributed by atoms with Crippen LogP contribution in [0.5, 0.6) is 11.5 Å². The van der Waals surface area contributed by atoms with Crippen LogP contribution in [0.3, 0.4) is 0 Å². The fraction of sp³-hybridized carbons (Fsp3) is 0.429. The smallest absolute Gasteiger partial charge is 0.277 e. The molecule has 3 N–H and O–H groups in total. The number of hydroxylamine groups is 1. The van der Waals surface area contributed by atoms with Crippen molar-refractivity contribution in [3.05, 3.63) is 52.2 Å². The Bertz CT molecular complexity index is 1580. The molecule has 0 atom stereocenters. The maximum atomic E-state index is 13.0. The molecule has 3 aromatic heterocycles. The Balaban J connectivity index is 1.29. The molecular formula is C28H34N8O5. The van der Waals surface area contributed by atoms with Crippen molar-refractivity contribution in [2.45, 2.75) is 39.5 Å². The number of rotatable bonds is 10. The summed E-state index contributed by atoms with van der Waals surface area (Å²) in [5, 5.41) is 13.3. The number of fused-ring (bicyclic) bond motifs is 1. The van der Waals surface area contributed by atoms with Gasteiger partial charge in [0.1, 0.15) is 22.8 Å². The van der Waals surface area contributed by atoms with E-state index in [1.54, 1.807) is 17.2 Å². The lowest BCUT2D eigenvalue weighted by Crippen LogP contribution is -2.36. The topological polar surface area (TPSA) is 160 Å². The molecule has 0 aliphatic carbocycles. The number of ether oxygens (including phenoxy) is 2. The van der Waals surface area contributed by atoms with Gasteiger partial charge in [0.15, 0.2) is 5.52 Å². The number of hydrogen-bond acceptors (Lipinski definition) is 10. The highest BCUT2D eigenvalue weighted by molar-refractivity contribution is 5.92. The van der Waals surface area contributed by atoms with E-state index in [9.17, 15) is 9.59 Å². The van der Waals surface area contributed by atoms with Crippen LogP contribution in [0.25, 0.3) is 22.4 Å². The number of benzene rings is 1. The van der Waals surface area contributed by atoms with Crippen molar-refractivity contribution >= 4 is 22.9 Å². The number of nitrogens with one attached hydrogen (secondary N) is 2. The summed E-state index contributed by atoms with van der Waals surface area (Å²) in [6.07, 6.45) is 6.19. The van der Waals surface area contributed by atoms with Crippen LogP contribution in [0, 0.1) is 5.92 Å². The van der Waals surface area contributed by atoms with Gasteiger partial charge in [-0.3, -0.25) is 19.5 Å². The van der Waals surface area contributed by atoms with E-state index >= 15 is 0 Å². The fourth-order valence-electron chi connectivity index (χ4n) is 5.02. The molecule has 4 heterocycles. The van der Waals surface area contributed by atoms with Crippen LogP contribution in [0.4, 0.5) is 5.95 Å². The van der Waals surface area contributed by atoms with Crippen molar-refractivity contribution in [1.29, 1.82) is 0 Å². The lowest BCUT2D eigenvalue weighted by atomic mass is 9.98. The van der Waals surface area contributed by atoms with Gasteiger partial charge in [0.25, 0.3) is 11.5 Å². The molecule has 1 aliphatic heterocycles. The number of H-pyrrole nitrogens is 1. The fourth-order valence-corrected chi connectivity index (χ4v) is 5.02. The third kappa shape index (κ3) is 5.99. The number of aromatic amines is 1. The van der Waals surface area contributed by atoms with Gasteiger partial charge in [0.05, 0.1) is 30.0 Å². The highest BCUT2D eigenvalue weighted by Gasteiger charge is 2.23. The molecule has 216 valence electrons. The zero-order valence-corrected chi connectivity index (χ0v) is 23.4. The molecule has 1 saturated heterocycles. The first-order chi connectivity index (χ1) is 19.9. The number of carbonyl (C=O) groups is 1. The monoisotopic (exact) mass is 562 g/mol. The molecule has 1 aliphatic rings. The number of anilines is 1. The molecule has 0 bridgehead atoms. The van der Waals surface area contributed by atoms with Crippen molar-refractivity contribution in [1.82, 2.24) is 35.2 Å². The number of aryl methyl sites for hydroxylation is 2. The average molecular weight is 563 g/mol. The second-order valence-electron chi connectivity index (χ2n) is 9.98. The van der Waals surface area contributed by atoms with Gasteiger partial charge in [0.2, 0.25) is 5.95 Å². The summed E-state index contributed by atoms with van der Waals surface area (Å²) in [6, 6.07) is 5.57. The molecule has 0 saturated carbocycles. The number of amides is 1. The molecule has 0 spiro atoms. The summed E-state index contributed by atoms with van der Waals surface area (Å²) in [5.41, 5.74) is 4.02. The third-order valence-corrected chi connectivity index (χ3v) is 7.14. The summed E-state index contributed by atoms with van der Waals surface area (Å²) in [6.45, 7) is 6.48. The maximum absolute atomic E-state index is 13.0. The van der Waals surface area contributed by atoms with Crippen molar-refractivity contribution in [2.75, 3.05) is 31.2 Å². The van der Waals surface area contributed by atoms with Gasteiger partial charge >= 0.3 is 0 Å². The van der Waals surface area contributed by atoms with Gasteiger partial charge in [-0.05, 0) is 50.3 Å². The molecule has 1 fully saturated rings. The Hall–Kier alpha value is -4.52. The SMILES string of the molecule is CCCc1nn(C)c2c(=O)[nH]c(-c3cc(OCC4CCN(c5ncc(C(=O)NO)cn5)CC4)ccc3OCC)nc12. The van der Waals surface area contributed by atoms with E-state index in [-0.39, 0.29) is 11.1 Å². The summed E-state index contributed by atoms with van der Waals surface area (Å²) in [7, 11) is 1.75. The Morgan fingerprint density at radius 2 is 1.93 bits per heavy atom. The number of carbonyl (C=O) groups excluding carboxylic acids is 1. The number of hydrogen-bond donors (Lipinski definition) is 3. The third-order valence-electron chi connectivity index (χ3n) is 7.14. The van der Waals surface area contributed by atoms with Crippen molar-refractivity contribution in [3.63, 3.8) is 0 Å². The van der Waals surface area contributed by atoms with E-state index in [0.717, 1.165) is 44.5 Å². The van der Waals surface area contributed by atoms with Crippen LogP contribution in [0.1, 0.15) is 49.2 Å². The van der Waals surface area contributed by atoms with Crippen LogP contribution >= 0.6 is 0 Å².